The number of ether oxygens (including phenoxy) is 1. The van der Waals surface area contributed by atoms with Crippen molar-refractivity contribution < 1.29 is 14.5 Å². The molecule has 0 aliphatic rings. The van der Waals surface area contributed by atoms with E-state index < -0.39 is 10.8 Å². The quantitative estimate of drug-likeness (QED) is 0.563. The number of benzene rings is 2. The van der Waals surface area contributed by atoms with Crippen molar-refractivity contribution in [2.45, 2.75) is 0 Å². The van der Waals surface area contributed by atoms with Crippen molar-refractivity contribution in [1.82, 2.24) is 0 Å². The van der Waals surface area contributed by atoms with Gasteiger partial charge in [0, 0.05) is 16.1 Å². The molecular weight excluding hydrogens is 411 g/mol. The van der Waals surface area contributed by atoms with Gasteiger partial charge in [0.25, 0.3) is 11.6 Å². The number of carbonyl (C=O) groups is 1. The number of nitro benzene ring substituents is 1. The Hall–Kier alpha value is -1.83. The van der Waals surface area contributed by atoms with Gasteiger partial charge < -0.3 is 10.1 Å². The van der Waals surface area contributed by atoms with Crippen LogP contribution >= 0.6 is 39.1 Å². The zero-order valence-corrected chi connectivity index (χ0v) is 14.5. The van der Waals surface area contributed by atoms with E-state index in [1.807, 2.05) is 0 Å². The largest absolute Gasteiger partial charge is 0.483 e. The molecule has 2 rings (SSSR count). The summed E-state index contributed by atoms with van der Waals surface area (Å²) in [5.74, 6) is -0.118. The summed E-state index contributed by atoms with van der Waals surface area (Å²) in [4.78, 5) is 22.2. The lowest BCUT2D eigenvalue weighted by atomic mass is 10.2. The molecular formula is C14H9BrCl2N2O4. The summed E-state index contributed by atoms with van der Waals surface area (Å²) in [7, 11) is 0. The van der Waals surface area contributed by atoms with Crippen LogP contribution in [-0.2, 0) is 4.79 Å². The van der Waals surface area contributed by atoms with Crippen LogP contribution in [-0.4, -0.2) is 17.4 Å². The number of hydrogen-bond donors (Lipinski definition) is 1. The Bertz CT molecular complexity index is 770. The third-order valence-corrected chi connectivity index (χ3v) is 3.77. The minimum absolute atomic E-state index is 0.0446. The van der Waals surface area contributed by atoms with Crippen molar-refractivity contribution in [3.05, 3.63) is 61.0 Å². The van der Waals surface area contributed by atoms with Crippen molar-refractivity contribution >= 4 is 56.4 Å². The van der Waals surface area contributed by atoms with E-state index in [0.717, 1.165) is 6.07 Å². The highest BCUT2D eigenvalue weighted by Gasteiger charge is 2.17. The lowest BCUT2D eigenvalue weighted by Crippen LogP contribution is -2.20. The summed E-state index contributed by atoms with van der Waals surface area (Å²) >= 11 is 14.8. The van der Waals surface area contributed by atoms with Gasteiger partial charge in [0.1, 0.15) is 11.4 Å². The number of anilines is 1. The Labute approximate surface area is 149 Å². The van der Waals surface area contributed by atoms with Crippen LogP contribution in [0.2, 0.25) is 10.0 Å². The van der Waals surface area contributed by atoms with Crippen molar-refractivity contribution in [1.29, 1.82) is 0 Å². The second-order valence-corrected chi connectivity index (χ2v) is 6.06. The number of nitro groups is 1. The van der Waals surface area contributed by atoms with Gasteiger partial charge in [-0.15, -0.1) is 0 Å². The van der Waals surface area contributed by atoms with Gasteiger partial charge in [-0.05, 0) is 46.3 Å². The van der Waals surface area contributed by atoms with Gasteiger partial charge in [0.05, 0.1) is 9.40 Å². The molecule has 23 heavy (non-hydrogen) atoms. The summed E-state index contributed by atoms with van der Waals surface area (Å²) in [5, 5.41) is 14.1. The van der Waals surface area contributed by atoms with Crippen LogP contribution in [0.15, 0.2) is 40.9 Å². The molecule has 0 unspecified atom stereocenters. The lowest BCUT2D eigenvalue weighted by Gasteiger charge is -2.09. The van der Waals surface area contributed by atoms with Gasteiger partial charge in [-0.2, -0.15) is 0 Å². The Balaban J connectivity index is 2.04. The van der Waals surface area contributed by atoms with Gasteiger partial charge in [0.15, 0.2) is 6.61 Å². The normalized spacial score (nSPS) is 10.2. The minimum atomic E-state index is -0.627. The molecule has 9 heteroatoms. The SMILES string of the molecule is O=C(COc1ccc(Cl)cc1Br)Nc1ccc(Cl)cc1[N+](=O)[O-]. The highest BCUT2D eigenvalue weighted by atomic mass is 79.9. The average Bonchev–Trinajstić information content (AvgIpc) is 2.48. The Kier molecular flexibility index (Phi) is 5.81. The van der Waals surface area contributed by atoms with E-state index in [4.69, 9.17) is 27.9 Å². The molecule has 0 spiro atoms. The van der Waals surface area contributed by atoms with E-state index in [2.05, 4.69) is 21.2 Å². The fourth-order valence-electron chi connectivity index (χ4n) is 1.68. The zero-order chi connectivity index (χ0) is 17.0. The van der Waals surface area contributed by atoms with Gasteiger partial charge in [-0.3, -0.25) is 14.9 Å². The Morgan fingerprint density at radius 3 is 2.52 bits per heavy atom. The molecule has 0 saturated heterocycles. The number of nitrogens with one attached hydrogen (secondary N) is 1. The highest BCUT2D eigenvalue weighted by molar-refractivity contribution is 9.10. The minimum Gasteiger partial charge on any atom is -0.483 e. The van der Waals surface area contributed by atoms with Gasteiger partial charge in [0.2, 0.25) is 0 Å². The first-order valence-electron chi connectivity index (χ1n) is 6.18. The molecule has 6 nitrogen and oxygen atoms in total. The average molecular weight is 420 g/mol. The molecule has 0 aliphatic carbocycles. The van der Waals surface area contributed by atoms with E-state index in [0.29, 0.717) is 15.2 Å². The van der Waals surface area contributed by atoms with Gasteiger partial charge in [-0.1, -0.05) is 23.2 Å². The zero-order valence-electron chi connectivity index (χ0n) is 11.4. The van der Waals surface area contributed by atoms with E-state index in [9.17, 15) is 14.9 Å². The molecule has 120 valence electrons. The van der Waals surface area contributed by atoms with Crippen LogP contribution in [0.25, 0.3) is 0 Å². The van der Waals surface area contributed by atoms with E-state index in [1.54, 1.807) is 18.2 Å². The third kappa shape index (κ3) is 4.82. The molecule has 0 aromatic heterocycles. The maximum absolute atomic E-state index is 11.9. The highest BCUT2D eigenvalue weighted by Crippen LogP contribution is 2.29. The molecule has 0 heterocycles. The van der Waals surface area contributed by atoms with Crippen molar-refractivity contribution in [3.8, 4) is 5.75 Å². The predicted molar refractivity (Wildman–Crippen MR) is 91.4 cm³/mol. The van der Waals surface area contributed by atoms with Crippen LogP contribution in [0.1, 0.15) is 0 Å². The number of nitrogens with zero attached hydrogens (tertiary/aromatic N) is 1. The lowest BCUT2D eigenvalue weighted by molar-refractivity contribution is -0.383. The van der Waals surface area contributed by atoms with Crippen molar-refractivity contribution in [2.24, 2.45) is 0 Å². The molecule has 0 saturated carbocycles. The first kappa shape index (κ1) is 17.5. The van der Waals surface area contributed by atoms with E-state index in [1.165, 1.54) is 12.1 Å². The Morgan fingerprint density at radius 1 is 1.22 bits per heavy atom. The van der Waals surface area contributed by atoms with Crippen molar-refractivity contribution in [2.75, 3.05) is 11.9 Å². The molecule has 0 bridgehead atoms. The fourth-order valence-corrected chi connectivity index (χ4v) is 2.65. The van der Waals surface area contributed by atoms with E-state index >= 15 is 0 Å². The first-order valence-corrected chi connectivity index (χ1v) is 7.73. The standard InChI is InChI=1S/C14H9BrCl2N2O4/c15-10-5-8(16)2-4-13(10)23-7-14(20)18-11-3-1-9(17)6-12(11)19(21)22/h1-6H,7H2,(H,18,20). The van der Waals surface area contributed by atoms with Crippen LogP contribution in [0, 0.1) is 10.1 Å². The van der Waals surface area contributed by atoms with Crippen molar-refractivity contribution in [3.63, 3.8) is 0 Å². The van der Waals surface area contributed by atoms with Gasteiger partial charge in [-0.25, -0.2) is 0 Å². The van der Waals surface area contributed by atoms with Gasteiger partial charge >= 0.3 is 0 Å². The first-order chi connectivity index (χ1) is 10.9. The summed E-state index contributed by atoms with van der Waals surface area (Å²) in [6.45, 7) is -0.319. The molecule has 2 aromatic rings. The van der Waals surface area contributed by atoms with Crippen LogP contribution in [0.4, 0.5) is 11.4 Å². The monoisotopic (exact) mass is 418 g/mol. The molecule has 0 radical (unpaired) electrons. The number of rotatable bonds is 5. The second kappa shape index (κ2) is 7.63. The maximum Gasteiger partial charge on any atom is 0.294 e. The summed E-state index contributed by atoms with van der Waals surface area (Å²) < 4.78 is 5.93. The predicted octanol–water partition coefficient (Wildman–Crippen LogP) is 4.68. The molecule has 0 aliphatic heterocycles. The number of carbonyl (C=O) groups excluding carboxylic acids is 1. The number of amides is 1. The third-order valence-electron chi connectivity index (χ3n) is 2.68. The molecule has 0 atom stereocenters. The second-order valence-electron chi connectivity index (χ2n) is 4.33. The van der Waals surface area contributed by atoms with E-state index in [-0.39, 0.29) is 23.0 Å². The molecule has 1 N–H and O–H groups in total. The molecule has 2 aromatic carbocycles. The van der Waals surface area contributed by atoms with Crippen LogP contribution in [0.3, 0.4) is 0 Å². The number of halogens is 3. The maximum atomic E-state index is 11.9. The summed E-state index contributed by atoms with van der Waals surface area (Å²) in [6, 6.07) is 8.80. The topological polar surface area (TPSA) is 81.5 Å². The number of hydrogen-bond acceptors (Lipinski definition) is 4. The van der Waals surface area contributed by atoms with Crippen LogP contribution < -0.4 is 10.1 Å². The molecule has 1 amide bonds. The Morgan fingerprint density at radius 2 is 1.87 bits per heavy atom. The smallest absolute Gasteiger partial charge is 0.294 e. The summed E-state index contributed by atoms with van der Waals surface area (Å²) in [6.07, 6.45) is 0. The van der Waals surface area contributed by atoms with Crippen LogP contribution in [0.5, 0.6) is 5.75 Å². The molecule has 0 fully saturated rings. The summed E-state index contributed by atoms with van der Waals surface area (Å²) in [5.41, 5.74) is -0.248. The fraction of sp³-hybridized carbons (Fsp3) is 0.0714.